The summed E-state index contributed by atoms with van der Waals surface area (Å²) in [5, 5.41) is 13.4. The van der Waals surface area contributed by atoms with Gasteiger partial charge in [-0.2, -0.15) is 5.10 Å². The molecule has 1 rings (SSSR count). The molecule has 1 heterocycles. The van der Waals surface area contributed by atoms with Gasteiger partial charge in [0.15, 0.2) is 0 Å². The lowest BCUT2D eigenvalue weighted by molar-refractivity contribution is 0.0511. The third-order valence-corrected chi connectivity index (χ3v) is 2.52. The van der Waals surface area contributed by atoms with Gasteiger partial charge in [-0.05, 0) is 27.2 Å². The van der Waals surface area contributed by atoms with Gasteiger partial charge in [0.2, 0.25) is 0 Å². The fourth-order valence-electron chi connectivity index (χ4n) is 1.55. The Hall–Kier alpha value is -1.50. The monoisotopic (exact) mass is 276 g/mol. The van der Waals surface area contributed by atoms with E-state index in [-0.39, 0.29) is 25.1 Å². The second kappa shape index (κ2) is 6.10. The van der Waals surface area contributed by atoms with Crippen molar-refractivity contribution in [3.63, 3.8) is 0 Å². The van der Waals surface area contributed by atoms with E-state index in [1.807, 2.05) is 0 Å². The summed E-state index contributed by atoms with van der Waals surface area (Å²) in [7, 11) is 0. The molecular formula is C12H18F2N2O3. The molecule has 0 fully saturated rings. The number of aliphatic hydroxyl groups is 1. The molecule has 0 amide bonds. The summed E-state index contributed by atoms with van der Waals surface area (Å²) in [5.74, 6) is -0.813. The average molecular weight is 276 g/mol. The Bertz CT molecular complexity index is 439. The zero-order valence-corrected chi connectivity index (χ0v) is 11.2. The second-order valence-electron chi connectivity index (χ2n) is 4.75. The molecule has 0 saturated heterocycles. The highest BCUT2D eigenvalue weighted by Gasteiger charge is 2.26. The lowest BCUT2D eigenvalue weighted by atomic mass is 10.1. The number of alkyl halides is 2. The Labute approximate surface area is 110 Å². The number of carbonyl (C=O) groups excluding carboxylic acids is 1. The second-order valence-corrected chi connectivity index (χ2v) is 4.75. The van der Waals surface area contributed by atoms with Gasteiger partial charge in [0.1, 0.15) is 11.3 Å². The van der Waals surface area contributed by atoms with E-state index in [0.29, 0.717) is 0 Å². The number of carbonyl (C=O) groups is 1. The van der Waals surface area contributed by atoms with Gasteiger partial charge in [-0.15, -0.1) is 0 Å². The molecule has 0 radical (unpaired) electrons. The van der Waals surface area contributed by atoms with Crippen LogP contribution in [0.5, 0.6) is 0 Å². The van der Waals surface area contributed by atoms with E-state index >= 15 is 0 Å². The Balaban J connectivity index is 2.97. The van der Waals surface area contributed by atoms with E-state index < -0.39 is 23.7 Å². The average Bonchev–Trinajstić information content (AvgIpc) is 2.69. The standard InChI is InChI=1S/C12H18F2N2O3/c1-4-19-11(17)8-7-15-16(9(8)10(13)14)6-5-12(2,3)18/h7,10,18H,4-6H2,1-3H3. The minimum Gasteiger partial charge on any atom is -0.462 e. The summed E-state index contributed by atoms with van der Waals surface area (Å²) >= 11 is 0. The molecule has 19 heavy (non-hydrogen) atoms. The molecule has 1 aromatic rings. The van der Waals surface area contributed by atoms with Crippen molar-refractivity contribution in [3.05, 3.63) is 17.5 Å². The Morgan fingerprint density at radius 1 is 1.58 bits per heavy atom. The molecule has 1 N–H and O–H groups in total. The summed E-state index contributed by atoms with van der Waals surface area (Å²) in [6, 6.07) is 0. The van der Waals surface area contributed by atoms with Crippen LogP contribution in [0.3, 0.4) is 0 Å². The lowest BCUT2D eigenvalue weighted by Crippen LogP contribution is -2.22. The van der Waals surface area contributed by atoms with Crippen molar-refractivity contribution in [3.8, 4) is 0 Å². The van der Waals surface area contributed by atoms with Crippen LogP contribution in [0.25, 0.3) is 0 Å². The molecule has 0 aliphatic heterocycles. The maximum atomic E-state index is 13.0. The fourth-order valence-corrected chi connectivity index (χ4v) is 1.55. The van der Waals surface area contributed by atoms with Crippen LogP contribution in [0, 0.1) is 0 Å². The van der Waals surface area contributed by atoms with Crippen LogP contribution in [-0.2, 0) is 11.3 Å². The van der Waals surface area contributed by atoms with Gasteiger partial charge < -0.3 is 9.84 Å². The van der Waals surface area contributed by atoms with Crippen LogP contribution >= 0.6 is 0 Å². The van der Waals surface area contributed by atoms with Gasteiger partial charge in [-0.25, -0.2) is 13.6 Å². The summed E-state index contributed by atoms with van der Waals surface area (Å²) in [6.45, 7) is 4.95. The molecule has 0 aliphatic carbocycles. The Morgan fingerprint density at radius 2 is 2.21 bits per heavy atom. The zero-order valence-electron chi connectivity index (χ0n) is 11.2. The van der Waals surface area contributed by atoms with Gasteiger partial charge in [0.05, 0.1) is 18.4 Å². The van der Waals surface area contributed by atoms with E-state index in [1.54, 1.807) is 20.8 Å². The fraction of sp³-hybridized carbons (Fsp3) is 0.667. The van der Waals surface area contributed by atoms with E-state index in [4.69, 9.17) is 4.74 Å². The zero-order chi connectivity index (χ0) is 14.6. The Kier molecular flexibility index (Phi) is 4.99. The number of halogens is 2. The van der Waals surface area contributed by atoms with Crippen molar-refractivity contribution in [2.45, 2.75) is 45.8 Å². The normalized spacial score (nSPS) is 11.9. The highest BCUT2D eigenvalue weighted by Crippen LogP contribution is 2.24. The molecule has 0 unspecified atom stereocenters. The number of hydrogen-bond acceptors (Lipinski definition) is 4. The molecular weight excluding hydrogens is 258 g/mol. The molecule has 5 nitrogen and oxygen atoms in total. The van der Waals surface area contributed by atoms with Crippen LogP contribution in [-0.4, -0.2) is 33.1 Å². The lowest BCUT2D eigenvalue weighted by Gasteiger charge is -2.17. The topological polar surface area (TPSA) is 64.3 Å². The highest BCUT2D eigenvalue weighted by molar-refractivity contribution is 5.90. The number of hydrogen-bond donors (Lipinski definition) is 1. The van der Waals surface area contributed by atoms with Crippen LogP contribution in [0.1, 0.15) is 49.7 Å². The third-order valence-electron chi connectivity index (χ3n) is 2.52. The van der Waals surface area contributed by atoms with Crippen LogP contribution in [0.2, 0.25) is 0 Å². The molecule has 108 valence electrons. The molecule has 7 heteroatoms. The van der Waals surface area contributed by atoms with Gasteiger partial charge in [-0.3, -0.25) is 4.68 Å². The predicted molar refractivity (Wildman–Crippen MR) is 64.1 cm³/mol. The number of nitrogens with zero attached hydrogens (tertiary/aromatic N) is 2. The maximum absolute atomic E-state index is 13.0. The molecule has 0 spiro atoms. The highest BCUT2D eigenvalue weighted by atomic mass is 19.3. The first-order chi connectivity index (χ1) is 8.76. The van der Waals surface area contributed by atoms with E-state index in [0.717, 1.165) is 10.9 Å². The first-order valence-corrected chi connectivity index (χ1v) is 5.99. The molecule has 0 saturated carbocycles. The predicted octanol–water partition coefficient (Wildman–Crippen LogP) is 2.16. The van der Waals surface area contributed by atoms with E-state index in [1.165, 1.54) is 0 Å². The summed E-state index contributed by atoms with van der Waals surface area (Å²) in [5.41, 5.74) is -1.69. The minimum absolute atomic E-state index is 0.0998. The summed E-state index contributed by atoms with van der Waals surface area (Å²) in [6.07, 6.45) is -1.51. The minimum atomic E-state index is -2.83. The number of ether oxygens (including phenoxy) is 1. The smallest absolute Gasteiger partial charge is 0.341 e. The van der Waals surface area contributed by atoms with E-state index in [2.05, 4.69) is 5.10 Å². The van der Waals surface area contributed by atoms with Crippen molar-refractivity contribution in [2.24, 2.45) is 0 Å². The number of rotatable bonds is 6. The van der Waals surface area contributed by atoms with Crippen molar-refractivity contribution in [1.29, 1.82) is 0 Å². The number of aromatic nitrogens is 2. The van der Waals surface area contributed by atoms with Crippen molar-refractivity contribution in [2.75, 3.05) is 6.61 Å². The summed E-state index contributed by atoms with van der Waals surface area (Å²) < 4.78 is 31.8. The molecule has 0 aliphatic rings. The van der Waals surface area contributed by atoms with Crippen LogP contribution in [0.4, 0.5) is 8.78 Å². The van der Waals surface area contributed by atoms with Crippen LogP contribution in [0.15, 0.2) is 6.20 Å². The van der Waals surface area contributed by atoms with Gasteiger partial charge >= 0.3 is 5.97 Å². The first-order valence-electron chi connectivity index (χ1n) is 5.99. The largest absolute Gasteiger partial charge is 0.462 e. The molecule has 0 bridgehead atoms. The van der Waals surface area contributed by atoms with Gasteiger partial charge in [0.25, 0.3) is 6.43 Å². The molecule has 0 aromatic carbocycles. The summed E-state index contributed by atoms with van der Waals surface area (Å²) in [4.78, 5) is 11.5. The Morgan fingerprint density at radius 3 is 2.68 bits per heavy atom. The number of aryl methyl sites for hydroxylation is 1. The molecule has 0 atom stereocenters. The van der Waals surface area contributed by atoms with Crippen molar-refractivity contribution < 1.29 is 23.4 Å². The third kappa shape index (κ3) is 4.27. The van der Waals surface area contributed by atoms with Gasteiger partial charge in [0, 0.05) is 6.54 Å². The maximum Gasteiger partial charge on any atom is 0.341 e. The van der Waals surface area contributed by atoms with E-state index in [9.17, 15) is 18.7 Å². The van der Waals surface area contributed by atoms with Crippen LogP contribution < -0.4 is 0 Å². The van der Waals surface area contributed by atoms with Crippen molar-refractivity contribution in [1.82, 2.24) is 9.78 Å². The van der Waals surface area contributed by atoms with Gasteiger partial charge in [-0.1, -0.05) is 0 Å². The first kappa shape index (κ1) is 15.6. The molecule has 1 aromatic heterocycles. The number of esters is 1. The quantitative estimate of drug-likeness (QED) is 0.809. The van der Waals surface area contributed by atoms with Crippen molar-refractivity contribution >= 4 is 5.97 Å². The SMILES string of the molecule is CCOC(=O)c1cnn(CCC(C)(C)O)c1C(F)F.